The van der Waals surface area contributed by atoms with Gasteiger partial charge in [0.1, 0.15) is 17.3 Å². The summed E-state index contributed by atoms with van der Waals surface area (Å²) >= 11 is 0. The van der Waals surface area contributed by atoms with Gasteiger partial charge < -0.3 is 39.2 Å². The number of aromatic nitrogens is 2. The van der Waals surface area contributed by atoms with Crippen LogP contribution in [-0.4, -0.2) is 98.5 Å². The van der Waals surface area contributed by atoms with E-state index in [0.717, 1.165) is 44.1 Å². The number of carbonyl (C=O) groups is 1. The molecule has 11 nitrogen and oxygen atoms in total. The largest absolute Gasteiger partial charge is 0.573 e. The number of carbonyl (C=O) groups excluding carboxylic acids is 1. The zero-order valence-corrected chi connectivity index (χ0v) is 25.9. The van der Waals surface area contributed by atoms with Crippen molar-refractivity contribution in [3.05, 3.63) is 41.1 Å². The number of anilines is 1. The summed E-state index contributed by atoms with van der Waals surface area (Å²) in [5.74, 6) is 0.0590. The predicted octanol–water partition coefficient (Wildman–Crippen LogP) is 4.41. The number of hydrogen-bond acceptors (Lipinski definition) is 10. The monoisotopic (exact) mass is 637 g/mol. The molecular weight excluding hydrogens is 595 g/mol. The first-order valence-corrected chi connectivity index (χ1v) is 15.5. The van der Waals surface area contributed by atoms with E-state index < -0.39 is 6.36 Å². The molecule has 248 valence electrons. The number of methoxy groups -OCH3 is 2. The van der Waals surface area contributed by atoms with Crippen molar-refractivity contribution >= 4 is 11.7 Å². The zero-order valence-electron chi connectivity index (χ0n) is 25.9. The molecule has 0 aliphatic carbocycles. The highest BCUT2D eigenvalue weighted by Crippen LogP contribution is 2.33. The van der Waals surface area contributed by atoms with Crippen LogP contribution in [0.3, 0.4) is 0 Å². The molecule has 0 bridgehead atoms. The highest BCUT2D eigenvalue weighted by molar-refractivity contribution is 5.95. The minimum Gasteiger partial charge on any atom is -0.467 e. The number of hydrogen-bond donors (Lipinski definition) is 2. The van der Waals surface area contributed by atoms with E-state index in [1.54, 1.807) is 19.2 Å². The first-order chi connectivity index (χ1) is 21.6. The van der Waals surface area contributed by atoms with E-state index in [4.69, 9.17) is 18.9 Å². The third kappa shape index (κ3) is 8.75. The molecule has 3 fully saturated rings. The third-order valence-corrected chi connectivity index (χ3v) is 8.68. The molecule has 4 heterocycles. The van der Waals surface area contributed by atoms with E-state index in [1.165, 1.54) is 19.2 Å². The molecule has 2 aromatic rings. The molecule has 0 spiro atoms. The molecule has 5 rings (SSSR count). The maximum Gasteiger partial charge on any atom is 0.573 e. The predicted molar refractivity (Wildman–Crippen MR) is 158 cm³/mol. The summed E-state index contributed by atoms with van der Waals surface area (Å²) in [5.41, 5.74) is 1.70. The molecule has 1 aromatic carbocycles. The second kappa shape index (κ2) is 14.9. The van der Waals surface area contributed by atoms with Crippen molar-refractivity contribution in [1.82, 2.24) is 20.2 Å². The number of amides is 1. The normalized spacial score (nSPS) is 24.7. The first-order valence-electron chi connectivity index (χ1n) is 15.5. The van der Waals surface area contributed by atoms with Gasteiger partial charge in [-0.2, -0.15) is 9.97 Å². The SMILES string of the molecule is COc1nc(NCC2CCC[C@@H](c3ccc(OC(F)(F)F)cc3)O2)c(C)c(C(=O)N2CCC(N[C@@H]3CCOC[C@@H]3OC)CC2)n1. The summed E-state index contributed by atoms with van der Waals surface area (Å²) in [6, 6.07) is 6.41. The van der Waals surface area contributed by atoms with Crippen LogP contribution < -0.4 is 20.1 Å². The Morgan fingerprint density at radius 2 is 1.82 bits per heavy atom. The fourth-order valence-electron chi connectivity index (χ4n) is 6.19. The van der Waals surface area contributed by atoms with Gasteiger partial charge in [-0.05, 0) is 63.1 Å². The quantitative estimate of drug-likeness (QED) is 0.388. The molecule has 14 heteroatoms. The Balaban J connectivity index is 1.17. The van der Waals surface area contributed by atoms with E-state index in [0.29, 0.717) is 56.0 Å². The molecule has 2 N–H and O–H groups in total. The van der Waals surface area contributed by atoms with Gasteiger partial charge >= 0.3 is 12.4 Å². The van der Waals surface area contributed by atoms with Crippen LogP contribution in [0, 0.1) is 6.92 Å². The van der Waals surface area contributed by atoms with Gasteiger partial charge in [-0.15, -0.1) is 13.2 Å². The molecule has 1 aromatic heterocycles. The summed E-state index contributed by atoms with van der Waals surface area (Å²) in [4.78, 5) is 24.3. The van der Waals surface area contributed by atoms with E-state index in [-0.39, 0.29) is 42.0 Å². The van der Waals surface area contributed by atoms with Gasteiger partial charge in [0.2, 0.25) is 0 Å². The number of halogens is 3. The lowest BCUT2D eigenvalue weighted by molar-refractivity contribution is -0.274. The summed E-state index contributed by atoms with van der Waals surface area (Å²) in [5, 5.41) is 7.03. The number of nitrogens with zero attached hydrogens (tertiary/aromatic N) is 3. The van der Waals surface area contributed by atoms with Crippen molar-refractivity contribution in [2.75, 3.05) is 52.4 Å². The van der Waals surface area contributed by atoms with Crippen LogP contribution in [0.2, 0.25) is 0 Å². The van der Waals surface area contributed by atoms with Crippen molar-refractivity contribution < 1.29 is 41.7 Å². The molecule has 1 unspecified atom stereocenters. The van der Waals surface area contributed by atoms with Gasteiger partial charge in [0.15, 0.2) is 0 Å². The van der Waals surface area contributed by atoms with Crippen molar-refractivity contribution in [2.24, 2.45) is 0 Å². The van der Waals surface area contributed by atoms with Crippen LogP contribution in [0.5, 0.6) is 11.8 Å². The smallest absolute Gasteiger partial charge is 0.467 e. The van der Waals surface area contributed by atoms with Gasteiger partial charge in [-0.1, -0.05) is 12.1 Å². The Kier molecular flexibility index (Phi) is 11.0. The van der Waals surface area contributed by atoms with E-state index in [9.17, 15) is 18.0 Å². The Bertz CT molecular complexity index is 1280. The molecular formula is C31H42F3N5O6. The van der Waals surface area contributed by atoms with E-state index in [1.807, 2.05) is 11.8 Å². The summed E-state index contributed by atoms with van der Waals surface area (Å²) in [6.07, 6.45) is -0.154. The van der Waals surface area contributed by atoms with E-state index >= 15 is 0 Å². The molecule has 0 saturated carbocycles. The fraction of sp³-hybridized carbons (Fsp3) is 0.645. The van der Waals surface area contributed by atoms with Crippen molar-refractivity contribution in [2.45, 2.75) is 82.2 Å². The Labute approximate surface area is 261 Å². The van der Waals surface area contributed by atoms with Gasteiger partial charge in [0, 0.05) is 51.0 Å². The van der Waals surface area contributed by atoms with Crippen molar-refractivity contribution in [3.63, 3.8) is 0 Å². The average Bonchev–Trinajstić information content (AvgIpc) is 3.04. The molecule has 3 saturated heterocycles. The number of likely N-dealkylation sites (tertiary alicyclic amines) is 1. The number of rotatable bonds is 10. The molecule has 3 aliphatic rings. The van der Waals surface area contributed by atoms with Crippen LogP contribution in [0.4, 0.5) is 19.0 Å². The Hall–Kier alpha value is -3.20. The maximum absolute atomic E-state index is 13.6. The standard InChI is InChI=1S/C31H42F3N5O6/c1-19-27(29(40)39-14-11-21(12-15-39)36-24-13-16-43-18-26(24)41-2)37-30(42-3)38-28(19)35-17-23-5-4-6-25(44-23)20-7-9-22(10-8-20)45-31(32,33)34/h7-10,21,23-26,36H,4-6,11-18H2,1-3H3,(H,35,37,38)/t23?,24-,25+,26+/m1/s1. The van der Waals surface area contributed by atoms with E-state index in [2.05, 4.69) is 25.3 Å². The Morgan fingerprint density at radius 1 is 1.07 bits per heavy atom. The number of benzene rings is 1. The Morgan fingerprint density at radius 3 is 2.51 bits per heavy atom. The summed E-state index contributed by atoms with van der Waals surface area (Å²) in [6.45, 7) is 4.74. The molecule has 4 atom stereocenters. The number of nitrogens with one attached hydrogen (secondary N) is 2. The van der Waals surface area contributed by atoms with Crippen LogP contribution in [-0.2, 0) is 14.2 Å². The summed E-state index contributed by atoms with van der Waals surface area (Å²) < 4.78 is 64.3. The van der Waals surface area contributed by atoms with Gasteiger partial charge in [0.05, 0.1) is 32.0 Å². The molecule has 45 heavy (non-hydrogen) atoms. The number of alkyl halides is 3. The second-order valence-electron chi connectivity index (χ2n) is 11.7. The second-order valence-corrected chi connectivity index (χ2v) is 11.7. The lowest BCUT2D eigenvalue weighted by Crippen LogP contribution is -2.54. The van der Waals surface area contributed by atoms with Crippen LogP contribution in [0.15, 0.2) is 24.3 Å². The van der Waals surface area contributed by atoms with Gasteiger partial charge in [-0.3, -0.25) is 4.79 Å². The molecule has 3 aliphatic heterocycles. The minimum atomic E-state index is -4.74. The lowest BCUT2D eigenvalue weighted by atomic mass is 9.98. The highest BCUT2D eigenvalue weighted by atomic mass is 19.4. The fourth-order valence-corrected chi connectivity index (χ4v) is 6.19. The van der Waals surface area contributed by atoms with Crippen LogP contribution in [0.25, 0.3) is 0 Å². The highest BCUT2D eigenvalue weighted by Gasteiger charge is 2.33. The molecule has 1 amide bonds. The third-order valence-electron chi connectivity index (χ3n) is 8.68. The zero-order chi connectivity index (χ0) is 32.0. The first kappa shape index (κ1) is 33.2. The number of ether oxygens (including phenoxy) is 5. The van der Waals surface area contributed by atoms with Crippen LogP contribution >= 0.6 is 0 Å². The number of piperidine rings is 1. The topological polar surface area (TPSA) is 116 Å². The average molecular weight is 638 g/mol. The summed E-state index contributed by atoms with van der Waals surface area (Å²) in [7, 11) is 3.17. The van der Waals surface area contributed by atoms with Crippen LogP contribution in [0.1, 0.15) is 66.2 Å². The van der Waals surface area contributed by atoms with Gasteiger partial charge in [0.25, 0.3) is 5.91 Å². The lowest BCUT2D eigenvalue weighted by Gasteiger charge is -2.38. The molecule has 0 radical (unpaired) electrons. The maximum atomic E-state index is 13.6. The van der Waals surface area contributed by atoms with Crippen molar-refractivity contribution in [3.8, 4) is 11.8 Å². The minimum absolute atomic E-state index is 0.0265. The van der Waals surface area contributed by atoms with Gasteiger partial charge in [-0.25, -0.2) is 0 Å². The van der Waals surface area contributed by atoms with Crippen molar-refractivity contribution in [1.29, 1.82) is 0 Å².